The first-order valence-electron chi connectivity index (χ1n) is 15.6. The molecule has 226 valence electrons. The highest BCUT2D eigenvalue weighted by Gasteiger charge is 2.76. The Morgan fingerprint density at radius 3 is 2.60 bits per heavy atom. The van der Waals surface area contributed by atoms with E-state index in [2.05, 4.69) is 32.0 Å². The van der Waals surface area contributed by atoms with Crippen LogP contribution in [0.3, 0.4) is 0 Å². The normalized spacial score (nSPS) is 39.4. The number of hydrogen-bond acceptors (Lipinski definition) is 6. The molecule has 3 N–H and O–H groups in total. The third-order valence-electron chi connectivity index (χ3n) is 11.5. The van der Waals surface area contributed by atoms with Gasteiger partial charge in [-0.1, -0.05) is 61.9 Å². The summed E-state index contributed by atoms with van der Waals surface area (Å²) in [6, 6.07) is 16.1. The zero-order valence-electron chi connectivity index (χ0n) is 25.5. The number of amides is 1. The summed E-state index contributed by atoms with van der Waals surface area (Å²) in [5.41, 5.74) is 8.77. The SMILES string of the molecule is CN(C)C(=O)[C@@]12O[C@H](c3cccc(Cc4cccc(N)c4)c3)O[C@@H]1C[C@H]1C3CCC4=CC(=O)C=C[C@]4(C)[C@H]3C(O)C[C@@]12C. The topological polar surface area (TPSA) is 102 Å². The lowest BCUT2D eigenvalue weighted by molar-refractivity contribution is -0.205. The van der Waals surface area contributed by atoms with Gasteiger partial charge in [0.2, 0.25) is 0 Å². The van der Waals surface area contributed by atoms with E-state index >= 15 is 0 Å². The van der Waals surface area contributed by atoms with Gasteiger partial charge in [0, 0.05) is 42.1 Å². The van der Waals surface area contributed by atoms with E-state index in [1.54, 1.807) is 31.1 Å². The number of anilines is 1. The molecule has 7 nitrogen and oxygen atoms in total. The summed E-state index contributed by atoms with van der Waals surface area (Å²) < 4.78 is 13.7. The van der Waals surface area contributed by atoms with Gasteiger partial charge in [0.25, 0.3) is 5.91 Å². The van der Waals surface area contributed by atoms with Crippen LogP contribution in [0.4, 0.5) is 5.69 Å². The van der Waals surface area contributed by atoms with Gasteiger partial charge >= 0.3 is 0 Å². The minimum atomic E-state index is -1.21. The highest BCUT2D eigenvalue weighted by molar-refractivity contribution is 6.01. The van der Waals surface area contributed by atoms with Crippen molar-refractivity contribution in [1.82, 2.24) is 4.90 Å². The molecule has 2 unspecified atom stereocenters. The van der Waals surface area contributed by atoms with Crippen LogP contribution >= 0.6 is 0 Å². The first-order chi connectivity index (χ1) is 20.5. The minimum Gasteiger partial charge on any atom is -0.399 e. The van der Waals surface area contributed by atoms with E-state index in [9.17, 15) is 14.7 Å². The molecule has 4 fully saturated rings. The molecule has 1 amide bonds. The lowest BCUT2D eigenvalue weighted by Gasteiger charge is -2.59. The zero-order chi connectivity index (χ0) is 30.3. The largest absolute Gasteiger partial charge is 0.399 e. The molecule has 4 aliphatic carbocycles. The Morgan fingerprint density at radius 2 is 1.86 bits per heavy atom. The summed E-state index contributed by atoms with van der Waals surface area (Å²) in [5, 5.41) is 11.9. The molecule has 0 bridgehead atoms. The number of nitrogens with two attached hydrogens (primary N) is 1. The van der Waals surface area contributed by atoms with Crippen molar-refractivity contribution in [3.8, 4) is 0 Å². The fraction of sp³-hybridized carbons (Fsp3) is 0.500. The van der Waals surface area contributed by atoms with Crippen molar-refractivity contribution < 1.29 is 24.2 Å². The highest BCUT2D eigenvalue weighted by Crippen LogP contribution is 2.70. The highest BCUT2D eigenvalue weighted by atomic mass is 16.7. The number of likely N-dealkylation sites (N-methyl/N-ethyl adjacent to an activating group) is 1. The average Bonchev–Trinajstić information content (AvgIpc) is 3.46. The lowest BCUT2D eigenvalue weighted by Crippen LogP contribution is -2.64. The lowest BCUT2D eigenvalue weighted by atomic mass is 9.46. The molecule has 0 spiro atoms. The molecule has 43 heavy (non-hydrogen) atoms. The number of carbonyl (C=O) groups excluding carboxylic acids is 2. The zero-order valence-corrected chi connectivity index (χ0v) is 25.5. The molecule has 9 atom stereocenters. The van der Waals surface area contributed by atoms with Crippen molar-refractivity contribution in [2.75, 3.05) is 19.8 Å². The molecule has 1 heterocycles. The van der Waals surface area contributed by atoms with Crippen LogP contribution in [-0.4, -0.2) is 53.6 Å². The van der Waals surface area contributed by atoms with Gasteiger partial charge in [-0.25, -0.2) is 0 Å². The van der Waals surface area contributed by atoms with Crippen LogP contribution < -0.4 is 5.73 Å². The van der Waals surface area contributed by atoms with Gasteiger partial charge in [-0.2, -0.15) is 0 Å². The van der Waals surface area contributed by atoms with E-state index in [0.717, 1.165) is 47.2 Å². The molecule has 2 aromatic rings. The molecule has 7 rings (SSSR count). The Bertz CT molecular complexity index is 1550. The van der Waals surface area contributed by atoms with Gasteiger partial charge < -0.3 is 25.2 Å². The first-order valence-corrected chi connectivity index (χ1v) is 15.6. The summed E-state index contributed by atoms with van der Waals surface area (Å²) in [4.78, 5) is 28.1. The summed E-state index contributed by atoms with van der Waals surface area (Å²) in [6.07, 6.45) is 7.23. The maximum atomic E-state index is 14.3. The summed E-state index contributed by atoms with van der Waals surface area (Å²) in [7, 11) is 3.55. The molecular weight excluding hydrogens is 540 g/mol. The number of ketones is 1. The van der Waals surface area contributed by atoms with Crippen LogP contribution in [0.25, 0.3) is 0 Å². The molecular formula is C36H42N2O5. The molecule has 3 saturated carbocycles. The van der Waals surface area contributed by atoms with Gasteiger partial charge in [-0.15, -0.1) is 0 Å². The van der Waals surface area contributed by atoms with E-state index in [0.29, 0.717) is 12.8 Å². The van der Waals surface area contributed by atoms with E-state index in [1.165, 1.54) is 0 Å². The summed E-state index contributed by atoms with van der Waals surface area (Å²) in [6.45, 7) is 4.31. The van der Waals surface area contributed by atoms with E-state index in [4.69, 9.17) is 15.2 Å². The van der Waals surface area contributed by atoms with Crippen molar-refractivity contribution in [2.24, 2.45) is 28.6 Å². The molecule has 0 radical (unpaired) electrons. The van der Waals surface area contributed by atoms with Crippen molar-refractivity contribution >= 4 is 17.4 Å². The number of benzene rings is 2. The molecule has 7 heteroatoms. The average molecular weight is 583 g/mol. The number of nitrogen functional groups attached to an aromatic ring is 1. The van der Waals surface area contributed by atoms with Crippen molar-refractivity contribution in [2.45, 2.75) is 70.1 Å². The fourth-order valence-electron chi connectivity index (χ4n) is 9.71. The molecule has 2 aromatic carbocycles. The van der Waals surface area contributed by atoms with E-state index in [1.807, 2.05) is 36.4 Å². The number of ether oxygens (including phenoxy) is 2. The third kappa shape index (κ3) is 4.11. The molecule has 1 saturated heterocycles. The number of allylic oxidation sites excluding steroid dienone is 4. The van der Waals surface area contributed by atoms with E-state index < -0.39 is 29.5 Å². The van der Waals surface area contributed by atoms with Crippen LogP contribution in [0.5, 0.6) is 0 Å². The Balaban J connectivity index is 1.22. The standard InChI is InChI=1S/C36H42N2O5/c1-34-14-13-26(39)18-24(34)11-12-27-28-19-30-36(33(41)38(3)4,35(28,2)20-29(40)31(27)34)43-32(42-30)23-9-5-7-21(16-23)15-22-8-6-10-25(37)17-22/h5-10,13-14,16-18,27-32,40H,11-12,15,19-20,37H2,1-4H3/t27?,28-,29?,30+,31+,32+,34-,35-,36-/m0/s1. The summed E-state index contributed by atoms with van der Waals surface area (Å²) in [5.74, 6) is 0.211. The maximum Gasteiger partial charge on any atom is 0.257 e. The summed E-state index contributed by atoms with van der Waals surface area (Å²) >= 11 is 0. The van der Waals surface area contributed by atoms with Crippen LogP contribution in [0.2, 0.25) is 0 Å². The Kier molecular flexibility index (Phi) is 6.55. The molecule has 5 aliphatic rings. The second kappa shape index (κ2) is 9.88. The Labute approximate surface area is 253 Å². The van der Waals surface area contributed by atoms with Crippen LogP contribution in [0, 0.1) is 28.6 Å². The van der Waals surface area contributed by atoms with Gasteiger partial charge in [0.05, 0.1) is 6.10 Å². The van der Waals surface area contributed by atoms with Crippen molar-refractivity contribution in [3.05, 3.63) is 89.0 Å². The second-order valence-corrected chi connectivity index (χ2v) is 14.1. The molecule has 0 aromatic heterocycles. The Hall–Kier alpha value is -3.26. The maximum absolute atomic E-state index is 14.3. The quantitative estimate of drug-likeness (QED) is 0.493. The number of fused-ring (bicyclic) bond motifs is 7. The predicted molar refractivity (Wildman–Crippen MR) is 164 cm³/mol. The second-order valence-electron chi connectivity index (χ2n) is 14.1. The van der Waals surface area contributed by atoms with E-state index in [-0.39, 0.29) is 34.9 Å². The van der Waals surface area contributed by atoms with Gasteiger partial charge in [0.15, 0.2) is 17.7 Å². The number of rotatable bonds is 4. The van der Waals surface area contributed by atoms with Crippen LogP contribution in [-0.2, 0) is 25.5 Å². The Morgan fingerprint density at radius 1 is 1.12 bits per heavy atom. The van der Waals surface area contributed by atoms with Gasteiger partial charge in [0.1, 0.15) is 6.10 Å². The monoisotopic (exact) mass is 582 g/mol. The fourth-order valence-corrected chi connectivity index (χ4v) is 9.71. The van der Waals surface area contributed by atoms with Crippen molar-refractivity contribution in [1.29, 1.82) is 0 Å². The number of aliphatic hydroxyl groups is 1. The van der Waals surface area contributed by atoms with Crippen molar-refractivity contribution in [3.63, 3.8) is 0 Å². The first kappa shape index (κ1) is 28.5. The number of aliphatic hydroxyl groups excluding tert-OH is 1. The molecule has 1 aliphatic heterocycles. The minimum absolute atomic E-state index is 0.0248. The number of carbonyl (C=O) groups is 2. The predicted octanol–water partition coefficient (Wildman–Crippen LogP) is 4.99. The van der Waals surface area contributed by atoms with Gasteiger partial charge in [-0.05, 0) is 79.4 Å². The number of hydrogen-bond donors (Lipinski definition) is 2. The van der Waals surface area contributed by atoms with Crippen LogP contribution in [0.1, 0.15) is 62.5 Å². The smallest absolute Gasteiger partial charge is 0.257 e. The number of nitrogens with zero attached hydrogens (tertiary/aromatic N) is 1. The van der Waals surface area contributed by atoms with Crippen LogP contribution in [0.15, 0.2) is 72.3 Å². The van der Waals surface area contributed by atoms with Gasteiger partial charge in [-0.3, -0.25) is 9.59 Å². The third-order valence-corrected chi connectivity index (χ3v) is 11.5.